The molecule has 84 valence electrons. The standard InChI is InChI=1S/C13H14OS2/c14-13(16-12-2-1-7-15-12)11-8-9-3-5-10(11)6-4-9/h1-3,5,7,9-11H,4,6,8H2/t9-,10-,11-/m1/s1. The molecule has 3 heteroatoms. The topological polar surface area (TPSA) is 17.1 Å². The SMILES string of the molecule is O=C(Sc1cccs1)[C@@H]1C[C@@H]2C=C[C@@H]1CC2. The van der Waals surface area contributed by atoms with Crippen LogP contribution in [0.1, 0.15) is 19.3 Å². The average molecular weight is 250 g/mol. The minimum atomic E-state index is 0.274. The van der Waals surface area contributed by atoms with Gasteiger partial charge in [0.1, 0.15) is 0 Å². The summed E-state index contributed by atoms with van der Waals surface area (Å²) in [4.78, 5) is 12.2. The molecule has 1 fully saturated rings. The van der Waals surface area contributed by atoms with E-state index in [9.17, 15) is 4.79 Å². The van der Waals surface area contributed by atoms with Gasteiger partial charge in [0.05, 0.1) is 4.21 Å². The molecule has 3 atom stereocenters. The molecule has 3 aliphatic carbocycles. The quantitative estimate of drug-likeness (QED) is 0.583. The summed E-state index contributed by atoms with van der Waals surface area (Å²) in [6.07, 6.45) is 8.17. The smallest absolute Gasteiger partial charge is 0.198 e. The Morgan fingerprint density at radius 3 is 2.88 bits per heavy atom. The van der Waals surface area contributed by atoms with Crippen molar-refractivity contribution in [2.45, 2.75) is 23.5 Å². The van der Waals surface area contributed by atoms with Crippen molar-refractivity contribution in [1.82, 2.24) is 0 Å². The molecule has 2 bridgehead atoms. The zero-order valence-electron chi connectivity index (χ0n) is 8.96. The second-order valence-electron chi connectivity index (χ2n) is 4.58. The largest absolute Gasteiger partial charge is 0.286 e. The number of allylic oxidation sites excluding steroid dienone is 2. The Balaban J connectivity index is 1.70. The molecule has 0 unspecified atom stereocenters. The van der Waals surface area contributed by atoms with Crippen LogP contribution in [0.3, 0.4) is 0 Å². The van der Waals surface area contributed by atoms with Crippen molar-refractivity contribution in [3.05, 3.63) is 29.7 Å². The van der Waals surface area contributed by atoms with Crippen molar-refractivity contribution < 1.29 is 4.79 Å². The van der Waals surface area contributed by atoms with Gasteiger partial charge in [-0.2, -0.15) is 0 Å². The van der Waals surface area contributed by atoms with E-state index in [0.717, 1.165) is 10.6 Å². The first-order valence-electron chi connectivity index (χ1n) is 5.76. The Hall–Kier alpha value is -0.540. The summed E-state index contributed by atoms with van der Waals surface area (Å²) < 4.78 is 1.13. The first-order chi connectivity index (χ1) is 7.83. The fourth-order valence-corrected chi connectivity index (χ4v) is 4.52. The van der Waals surface area contributed by atoms with E-state index >= 15 is 0 Å². The van der Waals surface area contributed by atoms with Crippen molar-refractivity contribution >= 4 is 28.2 Å². The summed E-state index contributed by atoms with van der Waals surface area (Å²) in [5.41, 5.74) is 0. The Morgan fingerprint density at radius 2 is 2.31 bits per heavy atom. The maximum absolute atomic E-state index is 12.2. The summed E-state index contributed by atoms with van der Waals surface area (Å²) in [6.45, 7) is 0. The lowest BCUT2D eigenvalue weighted by molar-refractivity contribution is -0.116. The van der Waals surface area contributed by atoms with Gasteiger partial charge >= 0.3 is 0 Å². The molecule has 1 nitrogen and oxygen atoms in total. The van der Waals surface area contributed by atoms with Gasteiger partial charge in [-0.15, -0.1) is 11.3 Å². The summed E-state index contributed by atoms with van der Waals surface area (Å²) in [5.74, 6) is 1.46. The van der Waals surface area contributed by atoms with Crippen molar-refractivity contribution in [3.8, 4) is 0 Å². The molecule has 0 saturated heterocycles. The van der Waals surface area contributed by atoms with Gasteiger partial charge in [0.25, 0.3) is 0 Å². The molecule has 4 rings (SSSR count). The number of carbonyl (C=O) groups is 1. The maximum atomic E-state index is 12.2. The molecule has 1 aromatic heterocycles. The maximum Gasteiger partial charge on any atom is 0.198 e. The second-order valence-corrected chi connectivity index (χ2v) is 6.83. The van der Waals surface area contributed by atoms with Crippen LogP contribution in [-0.4, -0.2) is 5.12 Å². The third-order valence-electron chi connectivity index (χ3n) is 3.57. The lowest BCUT2D eigenvalue weighted by Crippen LogP contribution is -2.31. The Morgan fingerprint density at radius 1 is 1.38 bits per heavy atom. The van der Waals surface area contributed by atoms with Gasteiger partial charge in [-0.05, 0) is 54.3 Å². The van der Waals surface area contributed by atoms with Crippen LogP contribution >= 0.6 is 23.1 Å². The molecule has 1 heterocycles. The van der Waals surface area contributed by atoms with Crippen LogP contribution in [0, 0.1) is 17.8 Å². The normalized spacial score (nSPS) is 31.9. The van der Waals surface area contributed by atoms with Gasteiger partial charge in [0, 0.05) is 5.92 Å². The van der Waals surface area contributed by atoms with Gasteiger partial charge < -0.3 is 0 Å². The highest BCUT2D eigenvalue weighted by Gasteiger charge is 2.36. The minimum absolute atomic E-state index is 0.274. The highest BCUT2D eigenvalue weighted by Crippen LogP contribution is 2.43. The molecule has 0 aromatic carbocycles. The number of carbonyl (C=O) groups excluding carboxylic acids is 1. The molecule has 1 saturated carbocycles. The van der Waals surface area contributed by atoms with E-state index in [4.69, 9.17) is 0 Å². The molecule has 16 heavy (non-hydrogen) atoms. The molecule has 0 spiro atoms. The zero-order chi connectivity index (χ0) is 11.0. The second kappa shape index (κ2) is 4.38. The van der Waals surface area contributed by atoms with E-state index in [2.05, 4.69) is 12.2 Å². The number of fused-ring (bicyclic) bond motifs is 2. The van der Waals surface area contributed by atoms with Crippen LogP contribution in [0.5, 0.6) is 0 Å². The molecular formula is C13H14OS2. The molecule has 0 N–H and O–H groups in total. The van der Waals surface area contributed by atoms with Crippen LogP contribution < -0.4 is 0 Å². The number of rotatable bonds is 2. The monoisotopic (exact) mass is 250 g/mol. The Labute approximate surface area is 104 Å². The average Bonchev–Trinajstić information content (AvgIpc) is 2.83. The first-order valence-corrected chi connectivity index (χ1v) is 7.46. The number of hydrogen-bond acceptors (Lipinski definition) is 3. The van der Waals surface area contributed by atoms with E-state index in [1.54, 1.807) is 11.3 Å². The van der Waals surface area contributed by atoms with Crippen molar-refractivity contribution in [2.75, 3.05) is 0 Å². The van der Waals surface area contributed by atoms with Gasteiger partial charge in [-0.3, -0.25) is 4.79 Å². The third-order valence-corrected chi connectivity index (χ3v) is 5.62. The highest BCUT2D eigenvalue weighted by molar-refractivity contribution is 8.15. The van der Waals surface area contributed by atoms with Crippen molar-refractivity contribution in [2.24, 2.45) is 17.8 Å². The van der Waals surface area contributed by atoms with E-state index in [0.29, 0.717) is 17.0 Å². The number of hydrogen-bond donors (Lipinski definition) is 0. The third kappa shape index (κ3) is 1.98. The molecule has 0 aliphatic heterocycles. The highest BCUT2D eigenvalue weighted by atomic mass is 32.2. The summed E-state index contributed by atoms with van der Waals surface area (Å²) >= 11 is 3.10. The minimum Gasteiger partial charge on any atom is -0.286 e. The molecule has 3 aliphatic rings. The number of thioether (sulfide) groups is 1. The van der Waals surface area contributed by atoms with Crippen molar-refractivity contribution in [1.29, 1.82) is 0 Å². The summed E-state index contributed by atoms with van der Waals surface area (Å²) in [6, 6.07) is 4.04. The fraction of sp³-hybridized carbons (Fsp3) is 0.462. The lowest BCUT2D eigenvalue weighted by atomic mass is 9.70. The molecule has 0 amide bonds. The lowest BCUT2D eigenvalue weighted by Gasteiger charge is -2.36. The van der Waals surface area contributed by atoms with Crippen LogP contribution in [0.2, 0.25) is 0 Å². The molecular weight excluding hydrogens is 236 g/mol. The predicted octanol–water partition coefficient (Wildman–Crippen LogP) is 3.97. The molecule has 0 radical (unpaired) electrons. The van der Waals surface area contributed by atoms with Crippen molar-refractivity contribution in [3.63, 3.8) is 0 Å². The predicted molar refractivity (Wildman–Crippen MR) is 68.6 cm³/mol. The van der Waals surface area contributed by atoms with E-state index in [1.807, 2.05) is 17.5 Å². The van der Waals surface area contributed by atoms with Crippen LogP contribution in [0.4, 0.5) is 0 Å². The van der Waals surface area contributed by atoms with Crippen LogP contribution in [-0.2, 0) is 4.79 Å². The Bertz CT molecular complexity index is 408. The Kier molecular flexibility index (Phi) is 2.90. The summed E-state index contributed by atoms with van der Waals surface area (Å²) in [5, 5.41) is 2.41. The van der Waals surface area contributed by atoms with Crippen LogP contribution in [0.15, 0.2) is 33.9 Å². The number of thiophene rings is 1. The zero-order valence-corrected chi connectivity index (χ0v) is 10.6. The van der Waals surface area contributed by atoms with Crippen LogP contribution in [0.25, 0.3) is 0 Å². The van der Waals surface area contributed by atoms with E-state index < -0.39 is 0 Å². The summed E-state index contributed by atoms with van der Waals surface area (Å²) in [7, 11) is 0. The fourth-order valence-electron chi connectivity index (χ4n) is 2.70. The van der Waals surface area contributed by atoms with Gasteiger partial charge in [-0.25, -0.2) is 0 Å². The van der Waals surface area contributed by atoms with Gasteiger partial charge in [-0.1, -0.05) is 18.2 Å². The van der Waals surface area contributed by atoms with Gasteiger partial charge in [0.15, 0.2) is 5.12 Å². The van der Waals surface area contributed by atoms with E-state index in [-0.39, 0.29) is 5.92 Å². The van der Waals surface area contributed by atoms with E-state index in [1.165, 1.54) is 24.6 Å². The molecule has 1 aromatic rings. The first kappa shape index (κ1) is 10.6. The van der Waals surface area contributed by atoms with Gasteiger partial charge in [0.2, 0.25) is 0 Å².